The van der Waals surface area contributed by atoms with Crippen LogP contribution in [-0.2, 0) is 11.0 Å². The number of aromatic nitrogens is 8. The van der Waals surface area contributed by atoms with Crippen molar-refractivity contribution < 1.29 is 27.0 Å². The number of nitrogens with zero attached hydrogens (tertiary/aromatic N) is 8. The molecule has 0 saturated carbocycles. The fourth-order valence-corrected chi connectivity index (χ4v) is 5.06. The van der Waals surface area contributed by atoms with Gasteiger partial charge in [0.1, 0.15) is 22.5 Å². The minimum absolute atomic E-state index is 0.0104. The number of carbonyl (C=O) groups excluding carboxylic acids is 1. The van der Waals surface area contributed by atoms with E-state index in [9.17, 15) is 18.0 Å². The Kier molecular flexibility index (Phi) is 7.14. The third-order valence-corrected chi connectivity index (χ3v) is 7.29. The maximum Gasteiger partial charge on any atom is 0.433 e. The van der Waals surface area contributed by atoms with Crippen molar-refractivity contribution in [1.82, 2.24) is 40.2 Å². The summed E-state index contributed by atoms with van der Waals surface area (Å²) in [5.41, 5.74) is 1.22. The molecule has 1 aliphatic rings. The van der Waals surface area contributed by atoms with E-state index in [-0.39, 0.29) is 28.6 Å². The lowest BCUT2D eigenvalue weighted by Crippen LogP contribution is -2.33. The Morgan fingerprint density at radius 2 is 1.93 bits per heavy atom. The highest BCUT2D eigenvalue weighted by Crippen LogP contribution is 2.33. The molecule has 0 spiro atoms. The van der Waals surface area contributed by atoms with Crippen molar-refractivity contribution in [2.45, 2.75) is 25.1 Å². The largest absolute Gasteiger partial charge is 0.433 e. The zero-order valence-corrected chi connectivity index (χ0v) is 22.4. The number of aromatic amines is 1. The summed E-state index contributed by atoms with van der Waals surface area (Å²) in [5, 5.41) is 14.4. The summed E-state index contributed by atoms with van der Waals surface area (Å²) in [7, 11) is 0. The average Bonchev–Trinajstić information content (AvgIpc) is 3.76. The molecule has 1 aromatic carbocycles. The van der Waals surface area contributed by atoms with Crippen molar-refractivity contribution in [2.75, 3.05) is 13.1 Å². The van der Waals surface area contributed by atoms with Crippen molar-refractivity contribution >= 4 is 17.5 Å². The Morgan fingerprint density at radius 3 is 2.62 bits per heavy atom. The Labute approximate surface area is 240 Å². The molecule has 4 aromatic heterocycles. The summed E-state index contributed by atoms with van der Waals surface area (Å²) in [5.74, 6) is -0.666. The highest BCUT2D eigenvalue weighted by molar-refractivity contribution is 6.31. The molecule has 15 heteroatoms. The molecule has 10 nitrogen and oxygen atoms in total. The second kappa shape index (κ2) is 10.9. The van der Waals surface area contributed by atoms with Crippen LogP contribution >= 0.6 is 11.6 Å². The smallest absolute Gasteiger partial charge is 0.340 e. The standard InChI is InChI=1S/C27H20ClF4N9O/c28-19-4-6-21(41-15-35-37-38-41)25(26(19)29)17-3-5-20(34-11-17)22(14-39-9-1-2-24(39)42)40-13-18(12-36-40)16-7-8-33-23(10-16)27(30,31)32/h3-8,10-13,15,22H,1-2,9,14H2/p+1/t22-/m1/s1. The summed E-state index contributed by atoms with van der Waals surface area (Å²) >= 11 is 6.09. The SMILES string of the molecule is O=C1CCCN1C[C@H](c1ccc(-c2c(-[n+]3cnn[nH]3)ccc(Cl)c2F)cn1)n1cc(-c2ccnc(C(F)(F)F)c2)cn1. The first-order valence-electron chi connectivity index (χ1n) is 12.8. The highest BCUT2D eigenvalue weighted by Gasteiger charge is 2.33. The first-order chi connectivity index (χ1) is 20.2. The number of nitrogens with one attached hydrogen (secondary N) is 1. The zero-order chi connectivity index (χ0) is 29.4. The number of amides is 1. The van der Waals surface area contributed by atoms with Gasteiger partial charge in [0.05, 0.1) is 22.5 Å². The van der Waals surface area contributed by atoms with Crippen molar-refractivity contribution in [1.29, 1.82) is 0 Å². The number of rotatable bonds is 7. The van der Waals surface area contributed by atoms with Crippen LogP contribution in [0.5, 0.6) is 0 Å². The lowest BCUT2D eigenvalue weighted by atomic mass is 10.0. The van der Waals surface area contributed by atoms with Crippen molar-refractivity contribution in [2.24, 2.45) is 0 Å². The molecule has 5 aromatic rings. The molecule has 1 N–H and O–H groups in total. The van der Waals surface area contributed by atoms with Gasteiger partial charge in [0.15, 0.2) is 11.0 Å². The third-order valence-electron chi connectivity index (χ3n) is 7.00. The van der Waals surface area contributed by atoms with Crippen LogP contribution in [0.1, 0.15) is 30.3 Å². The predicted octanol–water partition coefficient (Wildman–Crippen LogP) is 4.43. The maximum atomic E-state index is 15.3. The zero-order valence-electron chi connectivity index (χ0n) is 21.6. The molecular weight excluding hydrogens is 578 g/mol. The van der Waals surface area contributed by atoms with Gasteiger partial charge in [-0.15, -0.1) is 4.68 Å². The number of benzene rings is 1. The molecule has 0 radical (unpaired) electrons. The van der Waals surface area contributed by atoms with Crippen LogP contribution in [0.4, 0.5) is 17.6 Å². The third kappa shape index (κ3) is 5.32. The van der Waals surface area contributed by atoms with Gasteiger partial charge < -0.3 is 4.90 Å². The van der Waals surface area contributed by atoms with E-state index in [0.29, 0.717) is 35.5 Å². The Balaban J connectivity index is 1.37. The number of hydrogen-bond acceptors (Lipinski definition) is 6. The van der Waals surface area contributed by atoms with E-state index in [0.717, 1.165) is 18.7 Å². The predicted molar refractivity (Wildman–Crippen MR) is 141 cm³/mol. The van der Waals surface area contributed by atoms with Gasteiger partial charge in [-0.1, -0.05) is 22.9 Å². The van der Waals surface area contributed by atoms with Gasteiger partial charge in [0, 0.05) is 49.2 Å². The van der Waals surface area contributed by atoms with Crippen LogP contribution in [0, 0.1) is 5.82 Å². The molecule has 1 aliphatic heterocycles. The van der Waals surface area contributed by atoms with Crippen LogP contribution in [0.15, 0.2) is 67.5 Å². The van der Waals surface area contributed by atoms with Crippen molar-refractivity contribution in [3.8, 4) is 27.9 Å². The number of alkyl halides is 3. The molecule has 0 bridgehead atoms. The summed E-state index contributed by atoms with van der Waals surface area (Å²) in [4.78, 5) is 22.2. The molecule has 0 unspecified atom stereocenters. The minimum atomic E-state index is -4.59. The molecular formula is C27H21ClF4N9O+. The highest BCUT2D eigenvalue weighted by atomic mass is 35.5. The number of pyridine rings is 2. The molecule has 1 fully saturated rings. The molecule has 5 heterocycles. The summed E-state index contributed by atoms with van der Waals surface area (Å²) in [6.07, 6.45) is 3.57. The summed E-state index contributed by atoms with van der Waals surface area (Å²) in [6, 6.07) is 8.25. The number of likely N-dealkylation sites (tertiary alicyclic amines) is 1. The molecule has 42 heavy (non-hydrogen) atoms. The van der Waals surface area contributed by atoms with Gasteiger partial charge >= 0.3 is 6.18 Å². The lowest BCUT2D eigenvalue weighted by molar-refractivity contribution is -0.659. The quantitative estimate of drug-likeness (QED) is 0.219. The number of halogens is 5. The van der Waals surface area contributed by atoms with Gasteiger partial charge in [-0.3, -0.25) is 19.4 Å². The second-order valence-electron chi connectivity index (χ2n) is 9.62. The van der Waals surface area contributed by atoms with Crippen LogP contribution in [0.3, 0.4) is 0 Å². The van der Waals surface area contributed by atoms with E-state index in [1.807, 2.05) is 0 Å². The minimum Gasteiger partial charge on any atom is -0.340 e. The average molecular weight is 599 g/mol. The van der Waals surface area contributed by atoms with Gasteiger partial charge in [-0.25, -0.2) is 4.39 Å². The van der Waals surface area contributed by atoms with Crippen LogP contribution in [0.25, 0.3) is 27.9 Å². The van der Waals surface area contributed by atoms with E-state index >= 15 is 4.39 Å². The van der Waals surface area contributed by atoms with Crippen molar-refractivity contribution in [3.05, 3.63) is 89.7 Å². The first-order valence-corrected chi connectivity index (χ1v) is 13.1. The van der Waals surface area contributed by atoms with Crippen LogP contribution < -0.4 is 4.68 Å². The Hall–Kier alpha value is -4.72. The first kappa shape index (κ1) is 27.4. The molecule has 6 rings (SSSR count). The second-order valence-corrected chi connectivity index (χ2v) is 10.0. The molecule has 214 valence electrons. The van der Waals surface area contributed by atoms with E-state index in [1.165, 1.54) is 35.5 Å². The molecule has 1 saturated heterocycles. The van der Waals surface area contributed by atoms with Gasteiger partial charge in [0.25, 0.3) is 6.33 Å². The van der Waals surface area contributed by atoms with E-state index in [4.69, 9.17) is 11.6 Å². The monoisotopic (exact) mass is 598 g/mol. The number of tetrazole rings is 1. The number of H-pyrrole nitrogens is 1. The fourth-order valence-electron chi connectivity index (χ4n) is 4.90. The number of carbonyl (C=O) groups is 1. The van der Waals surface area contributed by atoms with E-state index in [2.05, 4.69) is 30.6 Å². The van der Waals surface area contributed by atoms with E-state index in [1.54, 1.807) is 34.0 Å². The number of hydrogen-bond donors (Lipinski definition) is 1. The topological polar surface area (TPSA) is 109 Å². The van der Waals surface area contributed by atoms with Gasteiger partial charge in [-0.05, 0) is 42.3 Å². The van der Waals surface area contributed by atoms with Crippen molar-refractivity contribution in [3.63, 3.8) is 0 Å². The Bertz CT molecular complexity index is 1740. The van der Waals surface area contributed by atoms with Crippen LogP contribution in [0.2, 0.25) is 5.02 Å². The van der Waals surface area contributed by atoms with E-state index < -0.39 is 23.7 Å². The summed E-state index contributed by atoms with van der Waals surface area (Å²) in [6.45, 7) is 0.802. The molecule has 0 aliphatic carbocycles. The van der Waals surface area contributed by atoms with Crippen LogP contribution in [-0.4, -0.2) is 59.2 Å². The normalized spacial score (nSPS) is 14.5. The Morgan fingerprint density at radius 1 is 1.07 bits per heavy atom. The maximum absolute atomic E-state index is 15.3. The lowest BCUT2D eigenvalue weighted by Gasteiger charge is -2.24. The summed E-state index contributed by atoms with van der Waals surface area (Å²) < 4.78 is 58.0. The fraction of sp³-hybridized carbons (Fsp3) is 0.222. The van der Waals surface area contributed by atoms with Gasteiger partial charge in [-0.2, -0.15) is 18.3 Å². The van der Waals surface area contributed by atoms with Gasteiger partial charge in [0.2, 0.25) is 5.91 Å². The molecule has 1 amide bonds. The molecule has 1 atom stereocenters.